The van der Waals surface area contributed by atoms with Gasteiger partial charge in [-0.2, -0.15) is 13.2 Å². The molecule has 2 atom stereocenters. The molecule has 0 aromatic carbocycles. The van der Waals surface area contributed by atoms with Gasteiger partial charge in [-0.1, -0.05) is 0 Å². The molecule has 1 amide bonds. The number of halogens is 3. The van der Waals surface area contributed by atoms with Crippen molar-refractivity contribution < 1.29 is 22.2 Å². The summed E-state index contributed by atoms with van der Waals surface area (Å²) in [5.74, 6) is -0.814. The predicted molar refractivity (Wildman–Crippen MR) is 69.6 cm³/mol. The van der Waals surface area contributed by atoms with Gasteiger partial charge in [0, 0.05) is 33.7 Å². The van der Waals surface area contributed by atoms with Crippen LogP contribution in [0.4, 0.5) is 13.2 Å². The minimum absolute atomic E-state index is 0.0485. The van der Waals surface area contributed by atoms with E-state index in [2.05, 4.69) is 5.32 Å². The van der Waals surface area contributed by atoms with E-state index in [0.717, 1.165) is 12.8 Å². The highest BCUT2D eigenvalue weighted by Crippen LogP contribution is 2.22. The normalized spacial score (nSPS) is 20.2. The van der Waals surface area contributed by atoms with Crippen LogP contribution in [0.1, 0.15) is 32.1 Å². The predicted octanol–water partition coefficient (Wildman–Crippen LogP) is 1.37. The van der Waals surface area contributed by atoms with Crippen molar-refractivity contribution in [3.63, 3.8) is 0 Å². The molecule has 0 heterocycles. The monoisotopic (exact) mass is 315 g/mol. The lowest BCUT2D eigenvalue weighted by atomic mass is 10.2. The highest BCUT2D eigenvalue weighted by atomic mass is 32.2. The van der Waals surface area contributed by atoms with E-state index in [9.17, 15) is 22.2 Å². The lowest BCUT2D eigenvalue weighted by Gasteiger charge is -2.13. The van der Waals surface area contributed by atoms with Gasteiger partial charge in [-0.25, -0.2) is 4.21 Å². The Bertz CT molecular complexity index is 433. The fourth-order valence-corrected chi connectivity index (χ4v) is 3.04. The molecule has 0 aromatic rings. The molecule has 118 valence electrons. The van der Waals surface area contributed by atoms with Crippen LogP contribution in [-0.2, 0) is 14.5 Å². The van der Waals surface area contributed by atoms with Crippen molar-refractivity contribution in [2.45, 2.75) is 50.4 Å². The van der Waals surface area contributed by atoms with Gasteiger partial charge < -0.3 is 11.1 Å². The summed E-state index contributed by atoms with van der Waals surface area (Å²) in [6, 6.07) is -0.690. The summed E-state index contributed by atoms with van der Waals surface area (Å²) in [6.07, 6.45) is -3.79. The first-order valence-corrected chi connectivity index (χ1v) is 8.35. The van der Waals surface area contributed by atoms with E-state index in [4.69, 9.17) is 10.5 Å². The molecule has 9 heteroatoms. The van der Waals surface area contributed by atoms with E-state index in [1.54, 1.807) is 0 Å². The first-order valence-electron chi connectivity index (χ1n) is 6.46. The number of nitrogens with two attached hydrogens (primary N) is 1. The molecule has 1 saturated carbocycles. The number of alkyl halides is 3. The van der Waals surface area contributed by atoms with E-state index in [0.29, 0.717) is 0 Å². The Morgan fingerprint density at radius 3 is 2.50 bits per heavy atom. The van der Waals surface area contributed by atoms with Crippen LogP contribution in [0.3, 0.4) is 0 Å². The van der Waals surface area contributed by atoms with Gasteiger partial charge >= 0.3 is 6.18 Å². The molecule has 1 aliphatic rings. The quantitative estimate of drug-likeness (QED) is 0.631. The van der Waals surface area contributed by atoms with Crippen molar-refractivity contribution in [1.82, 2.24) is 5.32 Å². The Labute approximate surface area is 116 Å². The molecule has 0 spiro atoms. The van der Waals surface area contributed by atoms with Crippen molar-refractivity contribution in [1.29, 1.82) is 4.78 Å². The van der Waals surface area contributed by atoms with Gasteiger partial charge in [0.05, 0.1) is 6.04 Å². The van der Waals surface area contributed by atoms with Crippen LogP contribution < -0.4 is 11.1 Å². The van der Waals surface area contributed by atoms with Crippen LogP contribution in [0.5, 0.6) is 0 Å². The topological polar surface area (TPSA) is 96.0 Å². The van der Waals surface area contributed by atoms with Crippen molar-refractivity contribution in [2.75, 3.05) is 11.5 Å². The Morgan fingerprint density at radius 2 is 2.00 bits per heavy atom. The molecule has 0 aliphatic heterocycles. The minimum atomic E-state index is -4.30. The van der Waals surface area contributed by atoms with Crippen LogP contribution in [0.25, 0.3) is 0 Å². The maximum Gasteiger partial charge on any atom is 0.389 e. The third kappa shape index (κ3) is 7.68. The van der Waals surface area contributed by atoms with E-state index in [1.165, 1.54) is 0 Å². The van der Waals surface area contributed by atoms with Gasteiger partial charge in [0.1, 0.15) is 0 Å². The number of hydrogen-bond donors (Lipinski definition) is 3. The number of hydrogen-bond acceptors (Lipinski definition) is 4. The largest absolute Gasteiger partial charge is 0.389 e. The highest BCUT2D eigenvalue weighted by Gasteiger charge is 2.28. The van der Waals surface area contributed by atoms with Gasteiger partial charge in [0.25, 0.3) is 0 Å². The van der Waals surface area contributed by atoms with Crippen LogP contribution in [-0.4, -0.2) is 39.9 Å². The maximum atomic E-state index is 12.0. The number of carbonyl (C=O) groups is 1. The molecule has 0 saturated heterocycles. The number of amides is 1. The molecule has 1 unspecified atom stereocenters. The summed E-state index contributed by atoms with van der Waals surface area (Å²) >= 11 is 0. The second-order valence-corrected chi connectivity index (χ2v) is 7.56. The third-order valence-corrected chi connectivity index (χ3v) is 4.80. The maximum absolute atomic E-state index is 12.0. The summed E-state index contributed by atoms with van der Waals surface area (Å²) in [4.78, 5) is 11.5. The highest BCUT2D eigenvalue weighted by molar-refractivity contribution is 7.92. The second-order valence-electron chi connectivity index (χ2n) is 5.12. The molecule has 1 aliphatic carbocycles. The van der Waals surface area contributed by atoms with Gasteiger partial charge in [0.2, 0.25) is 5.91 Å². The molecule has 0 aromatic heterocycles. The molecule has 1 rings (SSSR count). The van der Waals surface area contributed by atoms with Gasteiger partial charge in [0.15, 0.2) is 0 Å². The summed E-state index contributed by atoms with van der Waals surface area (Å²) in [5.41, 5.74) is 5.60. The summed E-state index contributed by atoms with van der Waals surface area (Å²) in [5, 5.41) is 2.69. The molecular formula is C11H20F3N3O2S. The molecule has 4 N–H and O–H groups in total. The SMILES string of the molecule is N=S(=O)(CCCC(F)(F)F)CC[C@H](N)C(=O)NC1CC1. The van der Waals surface area contributed by atoms with Crippen molar-refractivity contribution in [3.05, 3.63) is 0 Å². The first-order chi connectivity index (χ1) is 9.09. The second kappa shape index (κ2) is 6.75. The summed E-state index contributed by atoms with van der Waals surface area (Å²) in [7, 11) is -3.11. The number of rotatable bonds is 8. The van der Waals surface area contributed by atoms with E-state index in [-0.39, 0.29) is 36.3 Å². The number of carbonyl (C=O) groups excluding carboxylic acids is 1. The smallest absolute Gasteiger partial charge is 0.352 e. The van der Waals surface area contributed by atoms with Gasteiger partial charge in [-0.15, -0.1) is 0 Å². The molecule has 1 fully saturated rings. The van der Waals surface area contributed by atoms with Crippen molar-refractivity contribution in [2.24, 2.45) is 5.73 Å². The Balaban J connectivity index is 2.25. The minimum Gasteiger partial charge on any atom is -0.352 e. The Morgan fingerprint density at radius 1 is 1.40 bits per heavy atom. The fraction of sp³-hybridized carbons (Fsp3) is 0.909. The lowest BCUT2D eigenvalue weighted by Crippen LogP contribution is -2.42. The molecule has 5 nitrogen and oxygen atoms in total. The Kier molecular flexibility index (Phi) is 5.81. The van der Waals surface area contributed by atoms with E-state index in [1.807, 2.05) is 0 Å². The van der Waals surface area contributed by atoms with Crippen LogP contribution in [0, 0.1) is 4.78 Å². The zero-order valence-corrected chi connectivity index (χ0v) is 11.9. The molecule has 0 radical (unpaired) electrons. The molecule has 0 bridgehead atoms. The van der Waals surface area contributed by atoms with E-state index >= 15 is 0 Å². The van der Waals surface area contributed by atoms with Crippen LogP contribution >= 0.6 is 0 Å². The number of nitrogens with one attached hydrogen (secondary N) is 2. The lowest BCUT2D eigenvalue weighted by molar-refractivity contribution is -0.134. The first kappa shape index (κ1) is 17.2. The summed E-state index contributed by atoms with van der Waals surface area (Å²) < 4.78 is 55.1. The zero-order valence-electron chi connectivity index (χ0n) is 11.0. The van der Waals surface area contributed by atoms with E-state index < -0.39 is 28.4 Å². The van der Waals surface area contributed by atoms with Crippen molar-refractivity contribution in [3.8, 4) is 0 Å². The average molecular weight is 315 g/mol. The van der Waals surface area contributed by atoms with Crippen molar-refractivity contribution >= 4 is 15.6 Å². The van der Waals surface area contributed by atoms with Crippen LogP contribution in [0.15, 0.2) is 0 Å². The average Bonchev–Trinajstić information content (AvgIpc) is 3.07. The van der Waals surface area contributed by atoms with Gasteiger partial charge in [-0.05, 0) is 25.7 Å². The standard InChI is InChI=1S/C11H20F3N3O2S/c12-11(13,14)5-1-6-20(16,19)7-4-9(15)10(18)17-8-2-3-8/h8-9,16H,1-7,15H2,(H,17,18)/t9-,20?/m0/s1. The molecule has 20 heavy (non-hydrogen) atoms. The zero-order chi connectivity index (χ0) is 15.4. The Hall–Kier alpha value is -0.830. The third-order valence-electron chi connectivity index (χ3n) is 2.95. The van der Waals surface area contributed by atoms with Gasteiger partial charge in [-0.3, -0.25) is 9.57 Å². The fourth-order valence-electron chi connectivity index (χ4n) is 1.59. The molecular weight excluding hydrogens is 295 g/mol. The van der Waals surface area contributed by atoms with Crippen LogP contribution in [0.2, 0.25) is 0 Å². The summed E-state index contributed by atoms with van der Waals surface area (Å²) in [6.45, 7) is 0.